The minimum absolute atomic E-state index is 0.922. The average Bonchev–Trinajstić information content (AvgIpc) is 3.02. The summed E-state index contributed by atoms with van der Waals surface area (Å²) in [5.41, 5.74) is 6.45. The first-order valence-corrected chi connectivity index (χ1v) is 15.6. The highest BCUT2D eigenvalue weighted by atomic mass is 28.3. The van der Waals surface area contributed by atoms with Gasteiger partial charge in [0.15, 0.2) is 8.07 Å². The maximum absolute atomic E-state index is 2.57. The highest BCUT2D eigenvalue weighted by Crippen LogP contribution is 2.43. The zero-order chi connectivity index (χ0) is 26.1. The van der Waals surface area contributed by atoms with Crippen LogP contribution in [0.4, 0.5) is 17.1 Å². The monoisotopic (exact) mass is 515 g/mol. The predicted octanol–water partition coefficient (Wildman–Crippen LogP) is 6.44. The molecule has 0 saturated carbocycles. The van der Waals surface area contributed by atoms with Crippen LogP contribution < -0.4 is 25.6 Å². The van der Waals surface area contributed by atoms with Crippen LogP contribution in [0.15, 0.2) is 164 Å². The van der Waals surface area contributed by atoms with Gasteiger partial charge in [0.2, 0.25) is 0 Å². The molecular formula is C37H29NSi. The van der Waals surface area contributed by atoms with E-state index in [0.717, 1.165) is 6.42 Å². The van der Waals surface area contributed by atoms with E-state index in [2.05, 4.69) is 169 Å². The molecule has 1 aliphatic rings. The van der Waals surface area contributed by atoms with Crippen molar-refractivity contribution in [2.45, 2.75) is 6.42 Å². The third kappa shape index (κ3) is 3.92. The normalized spacial score (nSPS) is 12.5. The van der Waals surface area contributed by atoms with Gasteiger partial charge in [0.25, 0.3) is 0 Å². The SMILES string of the molecule is c1ccc(N2c3ccccc3Cc3cc([Si](c4ccccc4)(c4ccccc4)c4ccccc4)ccc32)cc1. The summed E-state index contributed by atoms with van der Waals surface area (Å²) in [5.74, 6) is 0. The van der Waals surface area contributed by atoms with Crippen molar-refractivity contribution < 1.29 is 0 Å². The van der Waals surface area contributed by atoms with Gasteiger partial charge in [-0.05, 0) is 56.1 Å². The van der Waals surface area contributed by atoms with E-state index in [0.29, 0.717) is 0 Å². The van der Waals surface area contributed by atoms with Crippen LogP contribution in [-0.4, -0.2) is 8.07 Å². The second-order valence-corrected chi connectivity index (χ2v) is 14.0. The molecule has 0 radical (unpaired) electrons. The fourth-order valence-corrected chi connectivity index (χ4v) is 11.1. The second kappa shape index (κ2) is 9.90. The van der Waals surface area contributed by atoms with Crippen LogP contribution in [0.25, 0.3) is 0 Å². The maximum atomic E-state index is 2.51. The summed E-state index contributed by atoms with van der Waals surface area (Å²) in [7, 11) is -2.57. The molecule has 0 amide bonds. The van der Waals surface area contributed by atoms with E-state index in [-0.39, 0.29) is 0 Å². The molecule has 0 aliphatic carbocycles. The number of hydrogen-bond donors (Lipinski definition) is 0. The fourth-order valence-electron chi connectivity index (χ4n) is 6.31. The topological polar surface area (TPSA) is 3.24 Å². The summed E-state index contributed by atoms with van der Waals surface area (Å²) in [4.78, 5) is 2.43. The van der Waals surface area contributed by atoms with Crippen molar-refractivity contribution in [1.29, 1.82) is 0 Å². The van der Waals surface area contributed by atoms with Gasteiger partial charge in [0, 0.05) is 23.5 Å². The summed E-state index contributed by atoms with van der Waals surface area (Å²) in [6.07, 6.45) is 0.922. The number of fused-ring (bicyclic) bond motifs is 2. The van der Waals surface area contributed by atoms with Crippen molar-refractivity contribution in [3.8, 4) is 0 Å². The zero-order valence-electron chi connectivity index (χ0n) is 21.7. The van der Waals surface area contributed by atoms with Crippen LogP contribution in [0.2, 0.25) is 0 Å². The Balaban J connectivity index is 1.51. The van der Waals surface area contributed by atoms with Gasteiger partial charge in [-0.1, -0.05) is 140 Å². The van der Waals surface area contributed by atoms with Gasteiger partial charge in [-0.25, -0.2) is 0 Å². The lowest BCUT2D eigenvalue weighted by Gasteiger charge is -2.37. The summed E-state index contributed by atoms with van der Waals surface area (Å²) >= 11 is 0. The van der Waals surface area contributed by atoms with Crippen LogP contribution in [0.1, 0.15) is 11.1 Å². The molecule has 7 rings (SSSR count). The number of para-hydroxylation sites is 2. The molecule has 186 valence electrons. The highest BCUT2D eigenvalue weighted by molar-refractivity contribution is 7.19. The number of rotatable bonds is 5. The van der Waals surface area contributed by atoms with Crippen LogP contribution in [0, 0.1) is 0 Å². The third-order valence-corrected chi connectivity index (χ3v) is 12.8. The standard InChI is InChI=1S/C37H29NSi/c1-5-16-31(17-6-1)38-36-24-14-13-15-29(36)27-30-28-35(25-26-37(30)38)39(32-18-7-2-8-19-32,33-20-9-3-10-21-33)34-22-11-4-12-23-34/h1-26,28H,27H2. The van der Waals surface area contributed by atoms with Crippen molar-refractivity contribution in [1.82, 2.24) is 0 Å². The average molecular weight is 516 g/mol. The molecule has 6 aromatic carbocycles. The largest absolute Gasteiger partial charge is 0.310 e. The molecular weight excluding hydrogens is 487 g/mol. The first-order chi connectivity index (χ1) is 19.4. The Morgan fingerprint density at radius 2 is 0.846 bits per heavy atom. The quantitative estimate of drug-likeness (QED) is 0.188. The van der Waals surface area contributed by atoms with Gasteiger partial charge in [-0.3, -0.25) is 0 Å². The molecule has 1 aliphatic heterocycles. The smallest absolute Gasteiger partial charge is 0.179 e. The zero-order valence-corrected chi connectivity index (χ0v) is 22.7. The summed E-state index contributed by atoms with van der Waals surface area (Å²) in [6.45, 7) is 0. The molecule has 0 aromatic heterocycles. The predicted molar refractivity (Wildman–Crippen MR) is 168 cm³/mol. The van der Waals surface area contributed by atoms with Crippen molar-refractivity contribution in [3.05, 3.63) is 175 Å². The van der Waals surface area contributed by atoms with Gasteiger partial charge in [-0.2, -0.15) is 0 Å². The molecule has 6 aromatic rings. The fraction of sp³-hybridized carbons (Fsp3) is 0.0270. The summed E-state index contributed by atoms with van der Waals surface area (Å²) in [6, 6.07) is 60.3. The highest BCUT2D eigenvalue weighted by Gasteiger charge is 2.42. The van der Waals surface area contributed by atoms with E-state index in [1.165, 1.54) is 48.9 Å². The molecule has 1 nitrogen and oxygen atoms in total. The van der Waals surface area contributed by atoms with Gasteiger partial charge < -0.3 is 4.90 Å². The van der Waals surface area contributed by atoms with Crippen LogP contribution in [-0.2, 0) is 6.42 Å². The van der Waals surface area contributed by atoms with E-state index in [1.807, 2.05) is 0 Å². The van der Waals surface area contributed by atoms with E-state index < -0.39 is 8.07 Å². The second-order valence-electron chi connectivity index (χ2n) is 10.2. The number of anilines is 3. The molecule has 0 unspecified atom stereocenters. The Morgan fingerprint density at radius 3 is 1.41 bits per heavy atom. The van der Waals surface area contributed by atoms with E-state index in [1.54, 1.807) is 0 Å². The molecule has 0 atom stereocenters. The molecule has 0 bridgehead atoms. The molecule has 0 N–H and O–H groups in total. The summed E-state index contributed by atoms with van der Waals surface area (Å²) < 4.78 is 0. The van der Waals surface area contributed by atoms with Crippen molar-refractivity contribution in [3.63, 3.8) is 0 Å². The van der Waals surface area contributed by atoms with Gasteiger partial charge in [0.05, 0.1) is 0 Å². The molecule has 1 heterocycles. The Bertz CT molecular complexity index is 1620. The van der Waals surface area contributed by atoms with Crippen LogP contribution in [0.3, 0.4) is 0 Å². The Hall–Kier alpha value is -4.66. The van der Waals surface area contributed by atoms with Crippen molar-refractivity contribution >= 4 is 45.9 Å². The van der Waals surface area contributed by atoms with Gasteiger partial charge in [-0.15, -0.1) is 0 Å². The lowest BCUT2D eigenvalue weighted by Crippen LogP contribution is -2.74. The third-order valence-electron chi connectivity index (χ3n) is 8.00. The van der Waals surface area contributed by atoms with Gasteiger partial charge in [0.1, 0.15) is 0 Å². The van der Waals surface area contributed by atoms with Crippen LogP contribution >= 0.6 is 0 Å². The number of hydrogen-bond acceptors (Lipinski definition) is 1. The number of benzene rings is 6. The van der Waals surface area contributed by atoms with Gasteiger partial charge >= 0.3 is 0 Å². The first-order valence-electron chi connectivity index (χ1n) is 13.6. The molecule has 39 heavy (non-hydrogen) atoms. The molecule has 2 heteroatoms. The minimum atomic E-state index is -2.57. The lowest BCUT2D eigenvalue weighted by atomic mass is 9.95. The van der Waals surface area contributed by atoms with E-state index in [9.17, 15) is 0 Å². The maximum Gasteiger partial charge on any atom is 0.179 e. The Labute approximate surface area is 231 Å². The first kappa shape index (κ1) is 23.5. The van der Waals surface area contributed by atoms with Crippen molar-refractivity contribution in [2.24, 2.45) is 0 Å². The lowest BCUT2D eigenvalue weighted by molar-refractivity contribution is 1.09. The number of nitrogens with zero attached hydrogens (tertiary/aromatic N) is 1. The molecule has 0 saturated heterocycles. The Kier molecular flexibility index (Phi) is 5.95. The van der Waals surface area contributed by atoms with E-state index in [4.69, 9.17) is 0 Å². The molecule has 0 fully saturated rings. The Morgan fingerprint density at radius 1 is 0.385 bits per heavy atom. The van der Waals surface area contributed by atoms with Crippen LogP contribution in [0.5, 0.6) is 0 Å². The van der Waals surface area contributed by atoms with E-state index >= 15 is 0 Å². The summed E-state index contributed by atoms with van der Waals surface area (Å²) in [5, 5.41) is 5.62. The molecule has 0 spiro atoms. The van der Waals surface area contributed by atoms with Crippen molar-refractivity contribution in [2.75, 3.05) is 4.90 Å². The minimum Gasteiger partial charge on any atom is -0.310 e.